The van der Waals surface area contributed by atoms with Gasteiger partial charge in [0.1, 0.15) is 0 Å². The first-order chi connectivity index (χ1) is 16.4. The molecule has 2 aliphatic rings. The average Bonchev–Trinajstić information content (AvgIpc) is 3.10. The highest BCUT2D eigenvalue weighted by atomic mass is 32.2. The van der Waals surface area contributed by atoms with Gasteiger partial charge in [-0.3, -0.25) is 4.79 Å². The van der Waals surface area contributed by atoms with Crippen LogP contribution in [0.2, 0.25) is 0 Å². The summed E-state index contributed by atoms with van der Waals surface area (Å²) in [4.78, 5) is 14.3. The van der Waals surface area contributed by atoms with E-state index in [0.717, 1.165) is 0 Å². The SMILES string of the molecule is CN(C)c1ccc(C(=O)Nc2cc(F)c(F)c(F)c2)cc1S(=O)(=O)C1C2CC[C@H]1CC(O)(CO)C2. The van der Waals surface area contributed by atoms with Gasteiger partial charge in [0, 0.05) is 37.5 Å². The van der Waals surface area contributed by atoms with Gasteiger partial charge in [0.2, 0.25) is 0 Å². The van der Waals surface area contributed by atoms with Crippen molar-refractivity contribution < 1.29 is 36.6 Å². The molecule has 4 rings (SSSR count). The van der Waals surface area contributed by atoms with Crippen molar-refractivity contribution in [1.82, 2.24) is 0 Å². The number of hydrogen-bond donors (Lipinski definition) is 3. The second-order valence-corrected chi connectivity index (χ2v) is 11.8. The normalized spacial score (nSPS) is 26.0. The Kier molecular flexibility index (Phi) is 6.62. The fraction of sp³-hybridized carbons (Fsp3) is 0.458. The van der Waals surface area contributed by atoms with Crippen LogP contribution in [-0.2, 0) is 9.84 Å². The van der Waals surface area contributed by atoms with Crippen molar-refractivity contribution in [3.05, 3.63) is 53.3 Å². The molecule has 11 heteroatoms. The second kappa shape index (κ2) is 9.11. The minimum Gasteiger partial charge on any atom is -0.393 e. The molecule has 0 spiro atoms. The zero-order chi connectivity index (χ0) is 25.7. The fourth-order valence-electron chi connectivity index (χ4n) is 5.50. The van der Waals surface area contributed by atoms with Gasteiger partial charge in [-0.25, -0.2) is 21.6 Å². The van der Waals surface area contributed by atoms with Crippen molar-refractivity contribution in [3.8, 4) is 0 Å². The van der Waals surface area contributed by atoms with Gasteiger partial charge in [0.15, 0.2) is 27.3 Å². The van der Waals surface area contributed by atoms with Crippen LogP contribution in [0.1, 0.15) is 36.0 Å². The summed E-state index contributed by atoms with van der Waals surface area (Å²) in [5, 5.41) is 21.7. The number of anilines is 2. The van der Waals surface area contributed by atoms with E-state index in [4.69, 9.17) is 0 Å². The molecule has 3 unspecified atom stereocenters. The van der Waals surface area contributed by atoms with E-state index >= 15 is 0 Å². The number of fused-ring (bicyclic) bond motifs is 2. The Bertz CT molecular complexity index is 1230. The third kappa shape index (κ3) is 4.64. The first-order valence-corrected chi connectivity index (χ1v) is 12.8. The van der Waals surface area contributed by atoms with E-state index in [9.17, 15) is 36.6 Å². The summed E-state index contributed by atoms with van der Waals surface area (Å²) in [6.07, 6.45) is 1.55. The van der Waals surface area contributed by atoms with Crippen LogP contribution in [0.15, 0.2) is 35.2 Å². The van der Waals surface area contributed by atoms with Crippen LogP contribution < -0.4 is 10.2 Å². The fourth-order valence-corrected chi connectivity index (χ4v) is 8.11. The largest absolute Gasteiger partial charge is 0.393 e. The predicted octanol–water partition coefficient (Wildman–Crippen LogP) is 3.11. The van der Waals surface area contributed by atoms with E-state index in [1.54, 1.807) is 19.0 Å². The molecule has 0 radical (unpaired) electrons. The summed E-state index contributed by atoms with van der Waals surface area (Å²) >= 11 is 0. The minimum absolute atomic E-state index is 0.0608. The van der Waals surface area contributed by atoms with E-state index in [2.05, 4.69) is 5.32 Å². The number of amides is 1. The van der Waals surface area contributed by atoms with E-state index in [1.165, 1.54) is 18.2 Å². The van der Waals surface area contributed by atoms with Crippen LogP contribution in [0.5, 0.6) is 0 Å². The first kappa shape index (κ1) is 25.5. The molecule has 2 aromatic carbocycles. The minimum atomic E-state index is -3.96. The molecule has 190 valence electrons. The number of sulfone groups is 1. The van der Waals surface area contributed by atoms with Gasteiger partial charge in [-0.05, 0) is 55.7 Å². The Morgan fingerprint density at radius 2 is 1.66 bits per heavy atom. The number of aliphatic hydroxyl groups excluding tert-OH is 1. The van der Waals surface area contributed by atoms with Gasteiger partial charge >= 0.3 is 0 Å². The third-order valence-electron chi connectivity index (χ3n) is 7.03. The second-order valence-electron chi connectivity index (χ2n) is 9.68. The van der Waals surface area contributed by atoms with E-state index in [-0.39, 0.29) is 40.8 Å². The number of nitrogens with one attached hydrogen (secondary N) is 1. The molecule has 2 fully saturated rings. The van der Waals surface area contributed by atoms with Crippen molar-refractivity contribution in [1.29, 1.82) is 0 Å². The molecule has 0 aliphatic heterocycles. The molecular weight excluding hydrogens is 485 g/mol. The molecule has 7 nitrogen and oxygen atoms in total. The summed E-state index contributed by atoms with van der Waals surface area (Å²) < 4.78 is 68.1. The standard InChI is InChI=1S/C24H27F3N2O5S/c1-29(2)19-6-5-13(23(31)28-16-8-17(25)21(27)18(26)9-16)7-20(19)35(33,34)22-14-3-4-15(22)11-24(32,10-14)12-30/h5-9,14-15,22,30,32H,3-4,10-12H2,1-2H3,(H,28,31)/t14-,15?,22?,24?/m0/s1. The monoisotopic (exact) mass is 512 g/mol. The molecule has 2 aliphatic carbocycles. The molecule has 0 saturated heterocycles. The van der Waals surface area contributed by atoms with Gasteiger partial charge < -0.3 is 20.4 Å². The van der Waals surface area contributed by atoms with Gasteiger partial charge in [-0.2, -0.15) is 0 Å². The number of carbonyl (C=O) groups excluding carboxylic acids is 1. The number of nitrogens with zero attached hydrogens (tertiary/aromatic N) is 1. The molecule has 4 atom stereocenters. The van der Waals surface area contributed by atoms with Gasteiger partial charge in [0.25, 0.3) is 5.91 Å². The van der Waals surface area contributed by atoms with Crippen LogP contribution in [0.3, 0.4) is 0 Å². The Morgan fingerprint density at radius 1 is 1.09 bits per heavy atom. The van der Waals surface area contributed by atoms with Gasteiger partial charge in [-0.15, -0.1) is 0 Å². The molecule has 2 aromatic rings. The lowest BCUT2D eigenvalue weighted by atomic mass is 9.77. The molecule has 0 aromatic heterocycles. The summed E-state index contributed by atoms with van der Waals surface area (Å²) in [6, 6.07) is 5.35. The number of rotatable bonds is 6. The number of halogens is 3. The van der Waals surface area contributed by atoms with Crippen LogP contribution >= 0.6 is 0 Å². The quantitative estimate of drug-likeness (QED) is 0.514. The summed E-state index contributed by atoms with van der Waals surface area (Å²) in [5.74, 6) is -6.10. The molecule has 2 saturated carbocycles. The lowest BCUT2D eigenvalue weighted by Gasteiger charge is -2.40. The Labute approximate surface area is 201 Å². The molecule has 2 bridgehead atoms. The highest BCUT2D eigenvalue weighted by Crippen LogP contribution is 2.51. The van der Waals surface area contributed by atoms with Crippen LogP contribution in [0.25, 0.3) is 0 Å². The predicted molar refractivity (Wildman–Crippen MR) is 123 cm³/mol. The van der Waals surface area contributed by atoms with Crippen LogP contribution in [0.4, 0.5) is 24.5 Å². The maximum atomic E-state index is 13.9. The summed E-state index contributed by atoms with van der Waals surface area (Å²) in [7, 11) is -0.634. The lowest BCUT2D eigenvalue weighted by Crippen LogP contribution is -2.48. The zero-order valence-electron chi connectivity index (χ0n) is 19.3. The summed E-state index contributed by atoms with van der Waals surface area (Å²) in [5.41, 5.74) is -1.32. The number of carbonyl (C=O) groups is 1. The van der Waals surface area contributed by atoms with Gasteiger partial charge in [0.05, 0.1) is 28.0 Å². The molecule has 3 N–H and O–H groups in total. The molecular formula is C24H27F3N2O5S. The van der Waals surface area contributed by atoms with Crippen molar-refractivity contribution in [3.63, 3.8) is 0 Å². The van der Waals surface area contributed by atoms with Crippen molar-refractivity contribution in [2.75, 3.05) is 30.9 Å². The molecule has 1 amide bonds. The van der Waals surface area contributed by atoms with Crippen LogP contribution in [0, 0.1) is 29.3 Å². The smallest absolute Gasteiger partial charge is 0.255 e. The Balaban J connectivity index is 1.69. The molecule has 35 heavy (non-hydrogen) atoms. The topological polar surface area (TPSA) is 107 Å². The Hall–Kier alpha value is -2.63. The number of hydrogen-bond acceptors (Lipinski definition) is 6. The maximum Gasteiger partial charge on any atom is 0.255 e. The van der Waals surface area contributed by atoms with E-state index < -0.39 is 50.7 Å². The Morgan fingerprint density at radius 3 is 2.17 bits per heavy atom. The van der Waals surface area contributed by atoms with Crippen molar-refractivity contribution in [2.24, 2.45) is 11.8 Å². The number of benzene rings is 2. The maximum absolute atomic E-state index is 13.9. The summed E-state index contributed by atoms with van der Waals surface area (Å²) in [6.45, 7) is -0.435. The number of aliphatic hydroxyl groups is 2. The van der Waals surface area contributed by atoms with E-state index in [0.29, 0.717) is 30.7 Å². The lowest BCUT2D eigenvalue weighted by molar-refractivity contribution is -0.0597. The highest BCUT2D eigenvalue weighted by Gasteiger charge is 2.54. The van der Waals surface area contributed by atoms with Crippen LogP contribution in [-0.4, -0.2) is 56.1 Å². The third-order valence-corrected chi connectivity index (χ3v) is 9.45. The van der Waals surface area contributed by atoms with Crippen molar-refractivity contribution >= 4 is 27.1 Å². The first-order valence-electron chi connectivity index (χ1n) is 11.2. The molecule has 0 heterocycles. The van der Waals surface area contributed by atoms with Crippen molar-refractivity contribution in [2.45, 2.75) is 41.4 Å². The zero-order valence-corrected chi connectivity index (χ0v) is 20.1. The van der Waals surface area contributed by atoms with E-state index in [1.807, 2.05) is 0 Å². The van der Waals surface area contributed by atoms with Gasteiger partial charge in [-0.1, -0.05) is 0 Å². The highest BCUT2D eigenvalue weighted by molar-refractivity contribution is 7.92. The average molecular weight is 513 g/mol.